The number of nitrogens with one attached hydrogen (secondary N) is 1. The largest absolute Gasteiger partial charge is 0.391 e. The van der Waals surface area contributed by atoms with Crippen LogP contribution < -0.4 is 4.72 Å². The maximum atomic E-state index is 12.1. The first-order chi connectivity index (χ1) is 10.0. The van der Waals surface area contributed by atoms with Crippen LogP contribution in [0.2, 0.25) is 0 Å². The fourth-order valence-electron chi connectivity index (χ4n) is 2.66. The van der Waals surface area contributed by atoms with Crippen LogP contribution in [0.4, 0.5) is 0 Å². The van der Waals surface area contributed by atoms with Crippen LogP contribution in [0.5, 0.6) is 0 Å². The Balaban J connectivity index is 1.96. The van der Waals surface area contributed by atoms with Crippen LogP contribution in [0.3, 0.4) is 0 Å². The zero-order chi connectivity index (χ0) is 15.3. The Morgan fingerprint density at radius 1 is 1.29 bits per heavy atom. The predicted molar refractivity (Wildman–Crippen MR) is 78.9 cm³/mol. The highest BCUT2D eigenvalue weighted by molar-refractivity contribution is 7.89. The minimum Gasteiger partial charge on any atom is -0.391 e. The van der Waals surface area contributed by atoms with Crippen molar-refractivity contribution in [3.05, 3.63) is 29.8 Å². The second kappa shape index (κ2) is 7.03. The van der Waals surface area contributed by atoms with Crippen LogP contribution in [0, 0.1) is 17.2 Å². The number of rotatable bonds is 6. The summed E-state index contributed by atoms with van der Waals surface area (Å²) in [5.41, 5.74) is 0.780. The number of nitrogens with zero attached hydrogens (tertiary/aromatic N) is 1. The third-order valence-electron chi connectivity index (χ3n) is 3.94. The molecule has 1 saturated carbocycles. The molecule has 21 heavy (non-hydrogen) atoms. The van der Waals surface area contributed by atoms with Crippen LogP contribution in [-0.2, 0) is 16.4 Å². The van der Waals surface area contributed by atoms with E-state index in [-0.39, 0.29) is 23.8 Å². The highest BCUT2D eigenvalue weighted by Crippen LogP contribution is 2.27. The molecule has 1 atom stereocenters. The average Bonchev–Trinajstić information content (AvgIpc) is 3.00. The first-order valence-corrected chi connectivity index (χ1v) is 8.65. The highest BCUT2D eigenvalue weighted by Gasteiger charge is 2.24. The normalized spacial score (nSPS) is 17.5. The van der Waals surface area contributed by atoms with Gasteiger partial charge in [0.15, 0.2) is 0 Å². The van der Waals surface area contributed by atoms with Crippen molar-refractivity contribution in [2.75, 3.05) is 6.54 Å². The van der Waals surface area contributed by atoms with E-state index in [1.54, 1.807) is 12.1 Å². The number of hydrogen-bond acceptors (Lipinski definition) is 4. The van der Waals surface area contributed by atoms with Gasteiger partial charge < -0.3 is 5.11 Å². The third kappa shape index (κ3) is 4.27. The van der Waals surface area contributed by atoms with Gasteiger partial charge in [-0.1, -0.05) is 25.0 Å². The molecular formula is C15H20N2O3S. The molecule has 114 valence electrons. The van der Waals surface area contributed by atoms with Gasteiger partial charge in [-0.25, -0.2) is 13.1 Å². The Labute approximate surface area is 125 Å². The minimum absolute atomic E-state index is 0.0486. The first kappa shape index (κ1) is 16.0. The van der Waals surface area contributed by atoms with Crippen molar-refractivity contribution in [1.29, 1.82) is 5.26 Å². The third-order valence-corrected chi connectivity index (χ3v) is 5.38. The van der Waals surface area contributed by atoms with E-state index in [1.165, 1.54) is 12.1 Å². The minimum atomic E-state index is -3.61. The molecule has 0 radical (unpaired) electrons. The predicted octanol–water partition coefficient (Wildman–Crippen LogP) is 1.58. The lowest BCUT2D eigenvalue weighted by molar-refractivity contribution is 0.115. The standard InChI is InChI=1S/C15H20N2O3S/c16-10-9-12-5-7-14(8-6-12)21(19,20)17-11-15(18)13-3-1-2-4-13/h5-8,13,15,17-18H,1-4,9,11H2. The molecule has 0 bridgehead atoms. The van der Waals surface area contributed by atoms with Crippen molar-refractivity contribution >= 4 is 10.0 Å². The zero-order valence-corrected chi connectivity index (χ0v) is 12.6. The summed E-state index contributed by atoms with van der Waals surface area (Å²) < 4.78 is 26.7. The van der Waals surface area contributed by atoms with Gasteiger partial charge in [-0.3, -0.25) is 0 Å². The van der Waals surface area contributed by atoms with Gasteiger partial charge in [0.05, 0.1) is 23.5 Å². The second-order valence-electron chi connectivity index (χ2n) is 5.44. The van der Waals surface area contributed by atoms with Gasteiger partial charge in [0.1, 0.15) is 0 Å². The van der Waals surface area contributed by atoms with Gasteiger partial charge >= 0.3 is 0 Å². The number of aliphatic hydroxyl groups excluding tert-OH is 1. The van der Waals surface area contributed by atoms with Crippen molar-refractivity contribution < 1.29 is 13.5 Å². The SMILES string of the molecule is N#CCc1ccc(S(=O)(=O)NCC(O)C2CCCC2)cc1. The summed E-state index contributed by atoms with van der Waals surface area (Å²) in [4.78, 5) is 0.155. The van der Waals surface area contributed by atoms with Crippen molar-refractivity contribution in [2.24, 2.45) is 5.92 Å². The molecule has 6 heteroatoms. The molecular weight excluding hydrogens is 288 g/mol. The summed E-state index contributed by atoms with van der Waals surface area (Å²) >= 11 is 0. The summed E-state index contributed by atoms with van der Waals surface area (Å²) in [5, 5.41) is 18.6. The monoisotopic (exact) mass is 308 g/mol. The van der Waals surface area contributed by atoms with Crippen LogP contribution in [0.15, 0.2) is 29.2 Å². The van der Waals surface area contributed by atoms with Gasteiger partial charge in [0.2, 0.25) is 10.0 Å². The number of sulfonamides is 1. The highest BCUT2D eigenvalue weighted by atomic mass is 32.2. The molecule has 2 N–H and O–H groups in total. The fourth-order valence-corrected chi connectivity index (χ4v) is 3.72. The Kier molecular flexibility index (Phi) is 5.34. The van der Waals surface area contributed by atoms with Crippen molar-refractivity contribution in [2.45, 2.75) is 43.1 Å². The van der Waals surface area contributed by atoms with Crippen LogP contribution in [0.1, 0.15) is 31.2 Å². The lowest BCUT2D eigenvalue weighted by atomic mass is 10.0. The van der Waals surface area contributed by atoms with Crippen LogP contribution in [-0.4, -0.2) is 26.2 Å². The van der Waals surface area contributed by atoms with E-state index in [0.717, 1.165) is 31.2 Å². The molecule has 0 aliphatic heterocycles. The Hall–Kier alpha value is -1.42. The number of aliphatic hydroxyl groups is 1. The molecule has 1 aromatic carbocycles. The van der Waals surface area contributed by atoms with E-state index in [2.05, 4.69) is 4.72 Å². The summed E-state index contributed by atoms with van der Waals surface area (Å²) in [6, 6.07) is 8.24. The van der Waals surface area contributed by atoms with E-state index < -0.39 is 16.1 Å². The van der Waals surface area contributed by atoms with E-state index in [4.69, 9.17) is 5.26 Å². The average molecular weight is 308 g/mol. The van der Waals surface area contributed by atoms with Crippen LogP contribution in [0.25, 0.3) is 0 Å². The van der Waals surface area contributed by atoms with Gasteiger partial charge in [-0.2, -0.15) is 5.26 Å². The topological polar surface area (TPSA) is 90.2 Å². The van der Waals surface area contributed by atoms with Gasteiger partial charge in [-0.05, 0) is 36.5 Å². The van der Waals surface area contributed by atoms with E-state index in [0.29, 0.717) is 0 Å². The molecule has 1 aliphatic rings. The molecule has 1 fully saturated rings. The molecule has 0 saturated heterocycles. The quantitative estimate of drug-likeness (QED) is 0.835. The molecule has 2 rings (SSSR count). The summed E-state index contributed by atoms with van der Waals surface area (Å²) in [6.45, 7) is 0.0486. The van der Waals surface area contributed by atoms with Crippen molar-refractivity contribution in [3.8, 4) is 6.07 Å². The molecule has 0 heterocycles. The summed E-state index contributed by atoms with van der Waals surface area (Å²) in [7, 11) is -3.61. The molecule has 0 aromatic heterocycles. The molecule has 1 aliphatic carbocycles. The van der Waals surface area contributed by atoms with Gasteiger partial charge in [-0.15, -0.1) is 0 Å². The molecule has 1 unspecified atom stereocenters. The molecule has 5 nitrogen and oxygen atoms in total. The number of benzene rings is 1. The Bertz CT molecular complexity index is 599. The maximum Gasteiger partial charge on any atom is 0.240 e. The zero-order valence-electron chi connectivity index (χ0n) is 11.8. The van der Waals surface area contributed by atoms with Crippen molar-refractivity contribution in [3.63, 3.8) is 0 Å². The Morgan fingerprint density at radius 2 is 1.90 bits per heavy atom. The van der Waals surface area contributed by atoms with Crippen LogP contribution >= 0.6 is 0 Å². The number of hydrogen-bond donors (Lipinski definition) is 2. The molecule has 1 aromatic rings. The number of nitriles is 1. The fraction of sp³-hybridized carbons (Fsp3) is 0.533. The summed E-state index contributed by atoms with van der Waals surface area (Å²) in [5.74, 6) is 0.200. The molecule has 0 spiro atoms. The first-order valence-electron chi connectivity index (χ1n) is 7.16. The smallest absolute Gasteiger partial charge is 0.240 e. The van der Waals surface area contributed by atoms with Gasteiger partial charge in [0.25, 0.3) is 0 Å². The maximum absolute atomic E-state index is 12.1. The van der Waals surface area contributed by atoms with Gasteiger partial charge in [0, 0.05) is 6.54 Å². The van der Waals surface area contributed by atoms with E-state index >= 15 is 0 Å². The van der Waals surface area contributed by atoms with E-state index in [9.17, 15) is 13.5 Å². The second-order valence-corrected chi connectivity index (χ2v) is 7.21. The van der Waals surface area contributed by atoms with Crippen molar-refractivity contribution in [1.82, 2.24) is 4.72 Å². The Morgan fingerprint density at radius 3 is 2.48 bits per heavy atom. The molecule has 0 amide bonds. The van der Waals surface area contributed by atoms with E-state index in [1.807, 2.05) is 6.07 Å². The lowest BCUT2D eigenvalue weighted by Crippen LogP contribution is -2.35. The lowest BCUT2D eigenvalue weighted by Gasteiger charge is -2.18. The summed E-state index contributed by atoms with van der Waals surface area (Å²) in [6.07, 6.45) is 3.77.